The summed E-state index contributed by atoms with van der Waals surface area (Å²) < 4.78 is 1.85. The van der Waals surface area contributed by atoms with Crippen molar-refractivity contribution in [3.63, 3.8) is 0 Å². The molecular formula is C13H14BrClN2S. The molecule has 0 amide bonds. The van der Waals surface area contributed by atoms with E-state index in [1.807, 2.05) is 12.3 Å². The van der Waals surface area contributed by atoms with Gasteiger partial charge in [0.2, 0.25) is 0 Å². The summed E-state index contributed by atoms with van der Waals surface area (Å²) in [6.07, 6.45) is 4.62. The zero-order valence-corrected chi connectivity index (χ0v) is 13.1. The van der Waals surface area contributed by atoms with Gasteiger partial charge in [0, 0.05) is 27.8 Å². The molecule has 2 rings (SSSR count). The van der Waals surface area contributed by atoms with Crippen LogP contribution >= 0.6 is 38.9 Å². The van der Waals surface area contributed by atoms with Crippen LogP contribution in [-0.2, 0) is 6.42 Å². The normalized spacial score (nSPS) is 12.6. The van der Waals surface area contributed by atoms with Gasteiger partial charge < -0.3 is 5.32 Å². The van der Waals surface area contributed by atoms with Crippen molar-refractivity contribution >= 4 is 38.9 Å². The lowest BCUT2D eigenvalue weighted by Gasteiger charge is -2.16. The van der Waals surface area contributed by atoms with Gasteiger partial charge in [-0.2, -0.15) is 0 Å². The molecule has 0 saturated carbocycles. The highest BCUT2D eigenvalue weighted by Gasteiger charge is 2.13. The molecule has 0 fully saturated rings. The maximum Gasteiger partial charge on any atom is 0.0931 e. The Morgan fingerprint density at radius 2 is 2.28 bits per heavy atom. The lowest BCUT2D eigenvalue weighted by atomic mass is 10.1. The highest BCUT2D eigenvalue weighted by Crippen LogP contribution is 2.29. The van der Waals surface area contributed by atoms with E-state index in [4.69, 9.17) is 11.6 Å². The maximum absolute atomic E-state index is 6.00. The number of halogens is 2. The first-order valence-corrected chi connectivity index (χ1v) is 7.76. The molecule has 0 aliphatic heterocycles. The van der Waals surface area contributed by atoms with Gasteiger partial charge in [-0.05, 0) is 52.7 Å². The third kappa shape index (κ3) is 3.79. The van der Waals surface area contributed by atoms with Crippen LogP contribution in [0.1, 0.15) is 23.4 Å². The van der Waals surface area contributed by atoms with Crippen LogP contribution in [0.3, 0.4) is 0 Å². The van der Waals surface area contributed by atoms with Crippen LogP contribution in [0, 0.1) is 0 Å². The van der Waals surface area contributed by atoms with Crippen molar-refractivity contribution in [1.82, 2.24) is 10.3 Å². The monoisotopic (exact) mass is 344 g/mol. The summed E-state index contributed by atoms with van der Waals surface area (Å²) in [6.45, 7) is 3.04. The minimum Gasteiger partial charge on any atom is -0.309 e. The Labute approximate surface area is 125 Å². The van der Waals surface area contributed by atoms with E-state index >= 15 is 0 Å². The Hall–Kier alpha value is -0.420. The molecule has 96 valence electrons. The largest absolute Gasteiger partial charge is 0.309 e. The molecule has 0 bridgehead atoms. The number of rotatable bonds is 5. The molecule has 0 spiro atoms. The van der Waals surface area contributed by atoms with Gasteiger partial charge in [0.1, 0.15) is 0 Å². The van der Waals surface area contributed by atoms with Crippen molar-refractivity contribution in [3.05, 3.63) is 49.8 Å². The van der Waals surface area contributed by atoms with Crippen molar-refractivity contribution in [1.29, 1.82) is 0 Å². The van der Waals surface area contributed by atoms with Gasteiger partial charge in [0.05, 0.1) is 4.34 Å². The molecule has 2 aromatic rings. The Morgan fingerprint density at radius 1 is 1.44 bits per heavy atom. The SMILES string of the molecule is CCNC(Cc1cncc(Br)c1)c1ccc(Cl)s1. The van der Waals surface area contributed by atoms with Crippen molar-refractivity contribution in [2.45, 2.75) is 19.4 Å². The highest BCUT2D eigenvalue weighted by molar-refractivity contribution is 9.10. The van der Waals surface area contributed by atoms with Gasteiger partial charge in [0.15, 0.2) is 0 Å². The molecule has 0 radical (unpaired) electrons. The average molecular weight is 346 g/mol. The summed E-state index contributed by atoms with van der Waals surface area (Å²) in [5, 5.41) is 3.49. The number of aromatic nitrogens is 1. The molecule has 0 saturated heterocycles. The summed E-state index contributed by atoms with van der Waals surface area (Å²) in [7, 11) is 0. The van der Waals surface area contributed by atoms with Crippen LogP contribution in [0.4, 0.5) is 0 Å². The second kappa shape index (κ2) is 6.66. The van der Waals surface area contributed by atoms with Gasteiger partial charge >= 0.3 is 0 Å². The van der Waals surface area contributed by atoms with Crippen molar-refractivity contribution in [3.8, 4) is 0 Å². The first kappa shape index (κ1) is 14.0. The number of thiophene rings is 1. The molecule has 2 heterocycles. The minimum absolute atomic E-state index is 0.295. The number of likely N-dealkylation sites (N-methyl/N-ethyl adjacent to an activating group) is 1. The molecule has 1 atom stereocenters. The van der Waals surface area contributed by atoms with Gasteiger partial charge in [-0.1, -0.05) is 18.5 Å². The van der Waals surface area contributed by atoms with E-state index in [1.54, 1.807) is 17.5 Å². The molecule has 5 heteroatoms. The standard InChI is InChI=1S/C13H14BrClN2S/c1-2-17-11(12-3-4-13(15)18-12)6-9-5-10(14)8-16-7-9/h3-5,7-8,11,17H,2,6H2,1H3. The van der Waals surface area contributed by atoms with Crippen molar-refractivity contribution in [2.75, 3.05) is 6.54 Å². The molecule has 2 nitrogen and oxygen atoms in total. The van der Waals surface area contributed by atoms with Crippen LogP contribution in [0.25, 0.3) is 0 Å². The third-order valence-corrected chi connectivity index (χ3v) is 4.37. The Morgan fingerprint density at radius 3 is 2.89 bits per heavy atom. The molecule has 0 aliphatic carbocycles. The summed E-state index contributed by atoms with van der Waals surface area (Å²) in [4.78, 5) is 5.46. The Balaban J connectivity index is 2.16. The first-order valence-electron chi connectivity index (χ1n) is 5.77. The highest BCUT2D eigenvalue weighted by atomic mass is 79.9. The Kier molecular flexibility index (Phi) is 5.18. The number of nitrogens with zero attached hydrogens (tertiary/aromatic N) is 1. The van der Waals surface area contributed by atoms with Gasteiger partial charge in [-0.3, -0.25) is 4.98 Å². The molecule has 18 heavy (non-hydrogen) atoms. The van der Waals surface area contributed by atoms with Crippen LogP contribution in [0.15, 0.2) is 35.1 Å². The van der Waals surface area contributed by atoms with Crippen molar-refractivity contribution in [2.24, 2.45) is 0 Å². The summed E-state index contributed by atoms with van der Waals surface area (Å²) in [5.74, 6) is 0. The lowest BCUT2D eigenvalue weighted by molar-refractivity contribution is 0.557. The fourth-order valence-electron chi connectivity index (χ4n) is 1.84. The maximum atomic E-state index is 6.00. The average Bonchev–Trinajstić information content (AvgIpc) is 2.75. The summed E-state index contributed by atoms with van der Waals surface area (Å²) >= 11 is 11.1. The predicted molar refractivity (Wildman–Crippen MR) is 81.4 cm³/mol. The van der Waals surface area contributed by atoms with E-state index in [0.717, 1.165) is 21.8 Å². The zero-order valence-electron chi connectivity index (χ0n) is 9.99. The van der Waals surface area contributed by atoms with Crippen LogP contribution in [0.5, 0.6) is 0 Å². The zero-order chi connectivity index (χ0) is 13.0. The fraction of sp³-hybridized carbons (Fsp3) is 0.308. The van der Waals surface area contributed by atoms with E-state index in [9.17, 15) is 0 Å². The van der Waals surface area contributed by atoms with Crippen LogP contribution in [-0.4, -0.2) is 11.5 Å². The number of hydrogen-bond acceptors (Lipinski definition) is 3. The van der Waals surface area contributed by atoms with Crippen molar-refractivity contribution < 1.29 is 0 Å². The van der Waals surface area contributed by atoms with E-state index in [1.165, 1.54) is 10.4 Å². The smallest absolute Gasteiger partial charge is 0.0931 e. The number of hydrogen-bond donors (Lipinski definition) is 1. The second-order valence-electron chi connectivity index (χ2n) is 3.97. The lowest BCUT2D eigenvalue weighted by Crippen LogP contribution is -2.22. The summed E-state index contributed by atoms with van der Waals surface area (Å²) in [6, 6.07) is 6.44. The van der Waals surface area contributed by atoms with Gasteiger partial charge in [0.25, 0.3) is 0 Å². The van der Waals surface area contributed by atoms with E-state index in [-0.39, 0.29) is 0 Å². The van der Waals surface area contributed by atoms with Gasteiger partial charge in [-0.15, -0.1) is 11.3 Å². The molecule has 1 N–H and O–H groups in total. The van der Waals surface area contributed by atoms with Crippen LogP contribution in [0.2, 0.25) is 4.34 Å². The minimum atomic E-state index is 0.295. The van der Waals surface area contributed by atoms with E-state index < -0.39 is 0 Å². The van der Waals surface area contributed by atoms with E-state index in [0.29, 0.717) is 6.04 Å². The molecule has 0 aliphatic rings. The molecule has 1 unspecified atom stereocenters. The first-order chi connectivity index (χ1) is 8.69. The van der Waals surface area contributed by atoms with Crippen LogP contribution < -0.4 is 5.32 Å². The topological polar surface area (TPSA) is 24.9 Å². The number of nitrogens with one attached hydrogen (secondary N) is 1. The Bertz CT molecular complexity index is 515. The third-order valence-electron chi connectivity index (χ3n) is 2.59. The molecule has 2 aromatic heterocycles. The molecular weight excluding hydrogens is 332 g/mol. The van der Waals surface area contributed by atoms with E-state index in [2.05, 4.69) is 45.3 Å². The fourth-order valence-corrected chi connectivity index (χ4v) is 3.39. The summed E-state index contributed by atoms with van der Waals surface area (Å²) in [5.41, 5.74) is 1.21. The predicted octanol–water partition coefficient (Wildman–Crippen LogP) is 4.45. The molecule has 0 aromatic carbocycles. The second-order valence-corrected chi connectivity index (χ2v) is 6.63. The van der Waals surface area contributed by atoms with Gasteiger partial charge in [-0.25, -0.2) is 0 Å². The number of pyridine rings is 1. The quantitative estimate of drug-likeness (QED) is 0.866.